The lowest BCUT2D eigenvalue weighted by atomic mass is 10.1. The van der Waals surface area contributed by atoms with Gasteiger partial charge in [0, 0.05) is 36.8 Å². The summed E-state index contributed by atoms with van der Waals surface area (Å²) >= 11 is -2.06. The second-order valence-corrected chi connectivity index (χ2v) is 7.20. The number of ether oxygens (including phenoxy) is 1. The topological polar surface area (TPSA) is 120 Å². The second kappa shape index (κ2) is 9.76. The number of nitrogens with zero attached hydrogens (tertiary/aromatic N) is 1. The molecular weight excluding hydrogens is 380 g/mol. The minimum absolute atomic E-state index is 0.255. The molecule has 0 saturated heterocycles. The molecule has 5 N–H and O–H groups in total. The zero-order valence-electron chi connectivity index (χ0n) is 15.5. The number of fused-ring (bicyclic) bond motifs is 1. The van der Waals surface area contributed by atoms with Crippen LogP contribution in [0.1, 0.15) is 22.9 Å². The number of H-pyrrole nitrogens is 1. The fraction of sp³-hybridized carbons (Fsp3) is 0.316. The molecule has 0 bridgehead atoms. The Morgan fingerprint density at radius 2 is 2.14 bits per heavy atom. The van der Waals surface area contributed by atoms with Crippen LogP contribution >= 0.6 is 0 Å². The molecule has 1 aromatic heterocycles. The van der Waals surface area contributed by atoms with E-state index in [1.54, 1.807) is 0 Å². The van der Waals surface area contributed by atoms with Gasteiger partial charge in [-0.15, -0.1) is 0 Å². The summed E-state index contributed by atoms with van der Waals surface area (Å²) in [4.78, 5) is 0. The van der Waals surface area contributed by atoms with Crippen LogP contribution in [0, 0.1) is 6.92 Å². The molecule has 0 saturated carbocycles. The summed E-state index contributed by atoms with van der Waals surface area (Å²) in [5, 5.41) is 21.7. The molecule has 0 aliphatic carbocycles. The molecule has 2 atom stereocenters. The smallest absolute Gasteiger partial charge is 0.232 e. The molecule has 0 radical (unpaired) electrons. The summed E-state index contributed by atoms with van der Waals surface area (Å²) in [6, 6.07) is 13.1. The highest BCUT2D eigenvalue weighted by Gasteiger charge is 2.08. The summed E-state index contributed by atoms with van der Waals surface area (Å²) in [5.41, 5.74) is 3.47. The molecule has 0 amide bonds. The Morgan fingerprint density at radius 3 is 2.96 bits per heavy atom. The quantitative estimate of drug-likeness (QED) is 0.260. The molecule has 1 heterocycles. The van der Waals surface area contributed by atoms with Crippen molar-refractivity contribution in [2.24, 2.45) is 0 Å². The average molecular weight is 404 g/mol. The van der Waals surface area contributed by atoms with Gasteiger partial charge in [-0.3, -0.25) is 9.65 Å². The Morgan fingerprint density at radius 1 is 1.29 bits per heavy atom. The van der Waals surface area contributed by atoms with E-state index in [9.17, 15) is 9.32 Å². The predicted octanol–water partition coefficient (Wildman–Crippen LogP) is 1.80. The van der Waals surface area contributed by atoms with E-state index in [1.165, 1.54) is 0 Å². The van der Waals surface area contributed by atoms with Crippen LogP contribution in [-0.2, 0) is 17.8 Å². The zero-order valence-corrected chi connectivity index (χ0v) is 16.3. The molecule has 150 valence electrons. The van der Waals surface area contributed by atoms with Crippen LogP contribution in [0.3, 0.4) is 0 Å². The number of rotatable bonds is 10. The first-order valence-corrected chi connectivity index (χ1v) is 10.0. The van der Waals surface area contributed by atoms with E-state index in [4.69, 9.17) is 9.29 Å². The van der Waals surface area contributed by atoms with Gasteiger partial charge in [-0.05, 0) is 30.2 Å². The number of aliphatic hydroxyl groups excluding tert-OH is 1. The number of aliphatic hydroxyl groups is 1. The van der Waals surface area contributed by atoms with Crippen molar-refractivity contribution in [1.82, 2.24) is 20.2 Å². The predicted molar refractivity (Wildman–Crippen MR) is 108 cm³/mol. The van der Waals surface area contributed by atoms with Crippen LogP contribution in [-0.4, -0.2) is 43.8 Å². The van der Waals surface area contributed by atoms with Crippen molar-refractivity contribution in [2.75, 3.05) is 19.7 Å². The van der Waals surface area contributed by atoms with Gasteiger partial charge in [0.2, 0.25) is 11.3 Å². The largest absolute Gasteiger partial charge is 0.492 e. The van der Waals surface area contributed by atoms with Gasteiger partial charge in [0.05, 0.1) is 11.6 Å². The molecule has 0 aliphatic rings. The number of hydrogen-bond acceptors (Lipinski definition) is 5. The number of benzene rings is 2. The molecule has 8 nitrogen and oxygen atoms in total. The first kappa shape index (κ1) is 20.4. The molecule has 3 rings (SSSR count). The molecule has 28 heavy (non-hydrogen) atoms. The maximum Gasteiger partial charge on any atom is 0.232 e. The minimum atomic E-state index is -2.06. The van der Waals surface area contributed by atoms with E-state index >= 15 is 0 Å². The average Bonchev–Trinajstić information content (AvgIpc) is 3.06. The molecule has 0 spiro atoms. The van der Waals surface area contributed by atoms with E-state index < -0.39 is 17.4 Å². The zero-order chi connectivity index (χ0) is 19.9. The molecule has 2 aromatic carbocycles. The van der Waals surface area contributed by atoms with Crippen LogP contribution in [0.4, 0.5) is 0 Å². The Bertz CT molecular complexity index is 947. The first-order valence-electron chi connectivity index (χ1n) is 8.92. The SMILES string of the molecule is Cc1[nH]nc2cc(OCCNCC(O)c3cccc(CNS(=O)O)c3)ccc12. The van der Waals surface area contributed by atoms with Crippen molar-refractivity contribution < 1.29 is 18.6 Å². The molecule has 0 fully saturated rings. The summed E-state index contributed by atoms with van der Waals surface area (Å²) in [5.74, 6) is 0.753. The van der Waals surface area contributed by atoms with Gasteiger partial charge in [-0.1, -0.05) is 24.3 Å². The molecule has 9 heteroatoms. The highest BCUT2D eigenvalue weighted by atomic mass is 32.2. The maximum absolute atomic E-state index is 10.7. The van der Waals surface area contributed by atoms with Gasteiger partial charge in [-0.25, -0.2) is 8.93 Å². The van der Waals surface area contributed by atoms with Crippen molar-refractivity contribution >= 4 is 22.2 Å². The Labute approximate surface area is 165 Å². The Hall–Kier alpha value is -2.30. The summed E-state index contributed by atoms with van der Waals surface area (Å²) in [7, 11) is 0. The number of nitrogens with one attached hydrogen (secondary N) is 3. The number of aryl methyl sites for hydroxylation is 1. The Kier molecular flexibility index (Phi) is 7.12. The molecule has 0 aliphatic heterocycles. The van der Waals surface area contributed by atoms with E-state index in [0.717, 1.165) is 33.5 Å². The number of aromatic nitrogens is 2. The summed E-state index contributed by atoms with van der Waals surface area (Å²) < 4.78 is 27.6. The molecular formula is C19H24N4O4S. The summed E-state index contributed by atoms with van der Waals surface area (Å²) in [6.45, 7) is 3.66. The van der Waals surface area contributed by atoms with Crippen LogP contribution in [0.2, 0.25) is 0 Å². The standard InChI is InChI=1S/C19H24N4O4S/c1-13-17-6-5-16(10-18(17)23-22-13)27-8-7-20-12-19(24)15-4-2-3-14(9-15)11-21-28(25)26/h2-6,9-10,19-21,24H,7-8,11-12H2,1H3,(H,22,23)(H,25,26). The lowest BCUT2D eigenvalue weighted by molar-refractivity contribution is 0.172. The molecule has 2 unspecified atom stereocenters. The highest BCUT2D eigenvalue weighted by Crippen LogP contribution is 2.21. The third kappa shape index (κ3) is 5.60. The third-order valence-electron chi connectivity index (χ3n) is 4.34. The maximum atomic E-state index is 10.7. The second-order valence-electron chi connectivity index (χ2n) is 6.41. The highest BCUT2D eigenvalue weighted by molar-refractivity contribution is 7.77. The number of aromatic amines is 1. The van der Waals surface area contributed by atoms with Crippen LogP contribution in [0.25, 0.3) is 10.9 Å². The van der Waals surface area contributed by atoms with E-state index in [-0.39, 0.29) is 6.54 Å². The third-order valence-corrected chi connectivity index (χ3v) is 4.73. The lowest BCUT2D eigenvalue weighted by Crippen LogP contribution is -2.26. The fourth-order valence-electron chi connectivity index (χ4n) is 2.87. The normalized spacial score (nSPS) is 13.5. The fourth-order valence-corrected chi connectivity index (χ4v) is 3.16. The monoisotopic (exact) mass is 404 g/mol. The number of hydrogen-bond donors (Lipinski definition) is 5. The lowest BCUT2D eigenvalue weighted by Gasteiger charge is -2.14. The van der Waals surface area contributed by atoms with Gasteiger partial charge >= 0.3 is 0 Å². The minimum Gasteiger partial charge on any atom is -0.492 e. The van der Waals surface area contributed by atoms with Crippen molar-refractivity contribution in [3.05, 3.63) is 59.3 Å². The van der Waals surface area contributed by atoms with Gasteiger partial charge in [0.1, 0.15) is 12.4 Å². The van der Waals surface area contributed by atoms with Crippen LogP contribution < -0.4 is 14.8 Å². The molecule has 3 aromatic rings. The van der Waals surface area contributed by atoms with Crippen molar-refractivity contribution in [3.63, 3.8) is 0 Å². The summed E-state index contributed by atoms with van der Waals surface area (Å²) in [6.07, 6.45) is -0.678. The van der Waals surface area contributed by atoms with Gasteiger partial charge in [-0.2, -0.15) is 5.10 Å². The van der Waals surface area contributed by atoms with Gasteiger partial charge in [0.25, 0.3) is 0 Å². The Balaban J connectivity index is 1.41. The van der Waals surface area contributed by atoms with Crippen molar-refractivity contribution in [3.8, 4) is 5.75 Å². The van der Waals surface area contributed by atoms with Crippen molar-refractivity contribution in [2.45, 2.75) is 19.6 Å². The van der Waals surface area contributed by atoms with Crippen molar-refractivity contribution in [1.29, 1.82) is 0 Å². The van der Waals surface area contributed by atoms with Gasteiger partial charge < -0.3 is 15.2 Å². The van der Waals surface area contributed by atoms with E-state index in [2.05, 4.69) is 20.2 Å². The van der Waals surface area contributed by atoms with Gasteiger partial charge in [0.15, 0.2) is 0 Å². The van der Waals surface area contributed by atoms with E-state index in [1.807, 2.05) is 49.4 Å². The first-order chi connectivity index (χ1) is 13.5. The van der Waals surface area contributed by atoms with Crippen LogP contribution in [0.5, 0.6) is 5.75 Å². The van der Waals surface area contributed by atoms with Crippen LogP contribution in [0.15, 0.2) is 42.5 Å². The van der Waals surface area contributed by atoms with E-state index in [0.29, 0.717) is 19.7 Å².